The van der Waals surface area contributed by atoms with E-state index in [0.717, 1.165) is 32.4 Å². The van der Waals surface area contributed by atoms with Gasteiger partial charge in [0.15, 0.2) is 0 Å². The van der Waals surface area contributed by atoms with Gasteiger partial charge < -0.3 is 19.3 Å². The highest BCUT2D eigenvalue weighted by Crippen LogP contribution is 2.34. The van der Waals surface area contributed by atoms with E-state index in [9.17, 15) is 0 Å². The maximum atomic E-state index is 5.91. The highest BCUT2D eigenvalue weighted by atomic mass is 16.5. The molecule has 0 saturated carbocycles. The Morgan fingerprint density at radius 3 is 2.79 bits per heavy atom. The summed E-state index contributed by atoms with van der Waals surface area (Å²) in [6, 6.07) is 0. The molecule has 1 saturated heterocycles. The summed E-state index contributed by atoms with van der Waals surface area (Å²) in [5.41, 5.74) is -0.424. The van der Waals surface area contributed by atoms with Gasteiger partial charge in [-0.1, -0.05) is 12.1 Å². The van der Waals surface area contributed by atoms with Crippen LogP contribution in [0, 0.1) is 0 Å². The van der Waals surface area contributed by atoms with Crippen molar-refractivity contribution in [1.29, 1.82) is 0 Å². The second-order valence-electron chi connectivity index (χ2n) is 4.65. The minimum atomic E-state index is -0.424. The molecule has 6 nitrogen and oxygen atoms in total. The van der Waals surface area contributed by atoms with Crippen molar-refractivity contribution in [2.45, 2.75) is 38.7 Å². The number of ether oxygens (including phenoxy) is 2. The quantitative estimate of drug-likeness (QED) is 0.752. The molecule has 0 radical (unpaired) electrons. The SMILES string of the molecule is CCNCCc1nc(C2(OCC)CCOCC2)no1. The van der Waals surface area contributed by atoms with E-state index < -0.39 is 5.60 Å². The van der Waals surface area contributed by atoms with Gasteiger partial charge in [-0.05, 0) is 13.5 Å². The van der Waals surface area contributed by atoms with E-state index in [-0.39, 0.29) is 0 Å². The minimum Gasteiger partial charge on any atom is -0.381 e. The van der Waals surface area contributed by atoms with Crippen LogP contribution in [-0.2, 0) is 21.5 Å². The zero-order valence-corrected chi connectivity index (χ0v) is 11.8. The number of hydrogen-bond donors (Lipinski definition) is 1. The van der Waals surface area contributed by atoms with Crippen LogP contribution in [0.25, 0.3) is 0 Å². The minimum absolute atomic E-state index is 0.424. The molecule has 1 aromatic rings. The molecule has 0 aromatic carbocycles. The first-order valence-electron chi connectivity index (χ1n) is 7.06. The van der Waals surface area contributed by atoms with Crippen LogP contribution in [0.1, 0.15) is 38.4 Å². The molecule has 2 heterocycles. The van der Waals surface area contributed by atoms with Crippen LogP contribution < -0.4 is 5.32 Å². The van der Waals surface area contributed by atoms with E-state index in [1.807, 2.05) is 6.92 Å². The first kappa shape index (κ1) is 14.4. The summed E-state index contributed by atoms with van der Waals surface area (Å²) in [5, 5.41) is 7.36. The second-order valence-corrected chi connectivity index (χ2v) is 4.65. The first-order chi connectivity index (χ1) is 9.30. The van der Waals surface area contributed by atoms with Gasteiger partial charge in [0.2, 0.25) is 11.7 Å². The van der Waals surface area contributed by atoms with Crippen molar-refractivity contribution >= 4 is 0 Å². The fraction of sp³-hybridized carbons (Fsp3) is 0.846. The van der Waals surface area contributed by atoms with Crippen LogP contribution in [0.3, 0.4) is 0 Å². The molecule has 0 atom stereocenters. The molecule has 0 amide bonds. The second kappa shape index (κ2) is 6.98. The fourth-order valence-corrected chi connectivity index (χ4v) is 2.32. The van der Waals surface area contributed by atoms with Crippen molar-refractivity contribution < 1.29 is 14.0 Å². The summed E-state index contributed by atoms with van der Waals surface area (Å²) < 4.78 is 16.6. The monoisotopic (exact) mass is 269 g/mol. The molecule has 0 aliphatic carbocycles. The van der Waals surface area contributed by atoms with Crippen LogP contribution in [0.2, 0.25) is 0 Å². The lowest BCUT2D eigenvalue weighted by molar-refractivity contribution is -0.118. The van der Waals surface area contributed by atoms with Crippen LogP contribution >= 0.6 is 0 Å². The zero-order chi connectivity index (χ0) is 13.6. The highest BCUT2D eigenvalue weighted by molar-refractivity contribution is 5.03. The third-order valence-corrected chi connectivity index (χ3v) is 3.36. The molecular formula is C13H23N3O3. The van der Waals surface area contributed by atoms with Crippen LogP contribution in [-0.4, -0.2) is 43.1 Å². The van der Waals surface area contributed by atoms with Gasteiger partial charge in [0.05, 0.1) is 0 Å². The molecule has 19 heavy (non-hydrogen) atoms. The summed E-state index contributed by atoms with van der Waals surface area (Å²) in [6.45, 7) is 7.86. The van der Waals surface area contributed by atoms with Gasteiger partial charge in [0, 0.05) is 45.6 Å². The van der Waals surface area contributed by atoms with Crippen LogP contribution in [0.5, 0.6) is 0 Å². The van der Waals surface area contributed by atoms with E-state index in [2.05, 4.69) is 22.4 Å². The molecule has 1 aromatic heterocycles. The Morgan fingerprint density at radius 1 is 1.32 bits per heavy atom. The average Bonchev–Trinajstić information content (AvgIpc) is 2.90. The van der Waals surface area contributed by atoms with Crippen molar-refractivity contribution in [2.75, 3.05) is 32.9 Å². The van der Waals surface area contributed by atoms with E-state index in [1.54, 1.807) is 0 Å². The molecule has 0 spiro atoms. The normalized spacial score (nSPS) is 18.6. The Kier molecular flexibility index (Phi) is 5.30. The molecule has 6 heteroatoms. The molecule has 1 N–H and O–H groups in total. The Morgan fingerprint density at radius 2 is 2.11 bits per heavy atom. The van der Waals surface area contributed by atoms with Gasteiger partial charge in [0.1, 0.15) is 5.60 Å². The number of likely N-dealkylation sites (N-methyl/N-ethyl adjacent to an activating group) is 1. The molecule has 1 aliphatic heterocycles. The predicted octanol–water partition coefficient (Wildman–Crippen LogP) is 1.26. The lowest BCUT2D eigenvalue weighted by Gasteiger charge is -2.33. The smallest absolute Gasteiger partial charge is 0.228 e. The Labute approximate surface area is 113 Å². The molecule has 1 fully saturated rings. The van der Waals surface area contributed by atoms with Crippen LogP contribution in [0.4, 0.5) is 0 Å². The zero-order valence-electron chi connectivity index (χ0n) is 11.8. The lowest BCUT2D eigenvalue weighted by atomic mass is 9.93. The standard InChI is InChI=1S/C13H23N3O3/c1-3-14-8-5-11-15-12(16-19-11)13(18-4-2)6-9-17-10-7-13/h14H,3-10H2,1-2H3. The molecular weight excluding hydrogens is 246 g/mol. The van der Waals surface area contributed by atoms with Gasteiger partial charge in [-0.2, -0.15) is 4.98 Å². The maximum absolute atomic E-state index is 5.91. The van der Waals surface area contributed by atoms with Crippen molar-refractivity contribution in [2.24, 2.45) is 0 Å². The Hall–Kier alpha value is -0.980. The van der Waals surface area contributed by atoms with Gasteiger partial charge in [-0.25, -0.2) is 0 Å². The maximum Gasteiger partial charge on any atom is 0.228 e. The van der Waals surface area contributed by atoms with Gasteiger partial charge in [0.25, 0.3) is 0 Å². The number of nitrogens with one attached hydrogen (secondary N) is 1. The van der Waals surface area contributed by atoms with Gasteiger partial charge >= 0.3 is 0 Å². The van der Waals surface area contributed by atoms with E-state index >= 15 is 0 Å². The number of nitrogens with zero attached hydrogens (tertiary/aromatic N) is 2. The van der Waals surface area contributed by atoms with Crippen molar-refractivity contribution in [1.82, 2.24) is 15.5 Å². The van der Waals surface area contributed by atoms with E-state index in [0.29, 0.717) is 31.5 Å². The molecule has 1 aliphatic rings. The van der Waals surface area contributed by atoms with Crippen molar-refractivity contribution in [3.63, 3.8) is 0 Å². The third-order valence-electron chi connectivity index (χ3n) is 3.36. The summed E-state index contributed by atoms with van der Waals surface area (Å²) in [4.78, 5) is 4.50. The van der Waals surface area contributed by atoms with Gasteiger partial charge in [-0.15, -0.1) is 0 Å². The summed E-state index contributed by atoms with van der Waals surface area (Å²) in [6.07, 6.45) is 2.32. The number of rotatable bonds is 7. The highest BCUT2D eigenvalue weighted by Gasteiger charge is 2.39. The van der Waals surface area contributed by atoms with E-state index in [4.69, 9.17) is 14.0 Å². The molecule has 0 unspecified atom stereocenters. The first-order valence-corrected chi connectivity index (χ1v) is 7.06. The number of aromatic nitrogens is 2. The average molecular weight is 269 g/mol. The summed E-state index contributed by atoms with van der Waals surface area (Å²) in [7, 11) is 0. The van der Waals surface area contributed by atoms with Gasteiger partial charge in [-0.3, -0.25) is 0 Å². The third kappa shape index (κ3) is 3.52. The molecule has 0 bridgehead atoms. The Bertz CT molecular complexity index is 369. The lowest BCUT2D eigenvalue weighted by Crippen LogP contribution is -2.37. The summed E-state index contributed by atoms with van der Waals surface area (Å²) >= 11 is 0. The topological polar surface area (TPSA) is 69.4 Å². The van der Waals surface area contributed by atoms with Crippen LogP contribution in [0.15, 0.2) is 4.52 Å². The fourth-order valence-electron chi connectivity index (χ4n) is 2.32. The number of hydrogen-bond acceptors (Lipinski definition) is 6. The predicted molar refractivity (Wildman–Crippen MR) is 69.9 cm³/mol. The summed E-state index contributed by atoms with van der Waals surface area (Å²) in [5.74, 6) is 1.34. The largest absolute Gasteiger partial charge is 0.381 e. The van der Waals surface area contributed by atoms with Crippen molar-refractivity contribution in [3.8, 4) is 0 Å². The Balaban J connectivity index is 2.04. The van der Waals surface area contributed by atoms with E-state index in [1.165, 1.54) is 0 Å². The molecule has 2 rings (SSSR count). The van der Waals surface area contributed by atoms with Crippen molar-refractivity contribution in [3.05, 3.63) is 11.7 Å². The molecule has 108 valence electrons.